The van der Waals surface area contributed by atoms with Crippen molar-refractivity contribution in [2.45, 2.75) is 45.2 Å². The van der Waals surface area contributed by atoms with Crippen molar-refractivity contribution in [1.82, 2.24) is 15.5 Å². The van der Waals surface area contributed by atoms with Crippen molar-refractivity contribution in [3.8, 4) is 0 Å². The average molecular weight is 362 g/mol. The minimum atomic E-state index is -1.37. The minimum Gasteiger partial charge on any atom is -0.352 e. The van der Waals surface area contributed by atoms with Crippen LogP contribution in [0.3, 0.4) is 0 Å². The van der Waals surface area contributed by atoms with Gasteiger partial charge in [0, 0.05) is 18.2 Å². The number of urea groups is 1. The predicted molar refractivity (Wildman–Crippen MR) is 93.2 cm³/mol. The van der Waals surface area contributed by atoms with E-state index in [0.29, 0.717) is 5.56 Å². The molecule has 140 valence electrons. The van der Waals surface area contributed by atoms with Gasteiger partial charge in [-0.25, -0.2) is 4.79 Å². The quantitative estimate of drug-likeness (QED) is 0.434. The molecule has 1 aliphatic rings. The van der Waals surface area contributed by atoms with Gasteiger partial charge in [-0.3, -0.25) is 24.6 Å². The van der Waals surface area contributed by atoms with Crippen molar-refractivity contribution in [2.24, 2.45) is 0 Å². The van der Waals surface area contributed by atoms with E-state index in [0.717, 1.165) is 17.7 Å². The molecule has 26 heavy (non-hydrogen) atoms. The molecular weight excluding hydrogens is 340 g/mol. The number of benzene rings is 1. The zero-order chi connectivity index (χ0) is 19.5. The number of rotatable bonds is 7. The van der Waals surface area contributed by atoms with Crippen LogP contribution in [0.25, 0.3) is 0 Å². The number of amides is 4. The molecule has 1 aliphatic heterocycles. The van der Waals surface area contributed by atoms with Crippen LogP contribution in [0, 0.1) is 10.1 Å². The third-order valence-corrected chi connectivity index (χ3v) is 4.36. The van der Waals surface area contributed by atoms with E-state index in [1.165, 1.54) is 31.2 Å². The van der Waals surface area contributed by atoms with Crippen molar-refractivity contribution in [2.75, 3.05) is 6.54 Å². The number of nitrogens with zero attached hydrogens (tertiary/aromatic N) is 2. The van der Waals surface area contributed by atoms with Crippen molar-refractivity contribution >= 4 is 23.5 Å². The highest BCUT2D eigenvalue weighted by Gasteiger charge is 2.49. The molecule has 1 aromatic rings. The van der Waals surface area contributed by atoms with E-state index in [1.54, 1.807) is 0 Å². The number of nitro groups is 1. The lowest BCUT2D eigenvalue weighted by molar-refractivity contribution is -0.384. The Balaban J connectivity index is 2.14. The summed E-state index contributed by atoms with van der Waals surface area (Å²) in [5.74, 6) is -0.989. The van der Waals surface area contributed by atoms with E-state index in [9.17, 15) is 24.5 Å². The molecule has 1 fully saturated rings. The molecule has 1 heterocycles. The van der Waals surface area contributed by atoms with Crippen LogP contribution in [-0.2, 0) is 15.1 Å². The number of nitrogens with one attached hydrogen (secondary N) is 2. The number of carbonyl (C=O) groups is 3. The molecule has 0 bridgehead atoms. The van der Waals surface area contributed by atoms with Gasteiger partial charge in [-0.15, -0.1) is 0 Å². The second kappa shape index (κ2) is 7.51. The summed E-state index contributed by atoms with van der Waals surface area (Å²) in [4.78, 5) is 48.1. The Morgan fingerprint density at radius 2 is 1.96 bits per heavy atom. The molecule has 0 saturated carbocycles. The van der Waals surface area contributed by atoms with Gasteiger partial charge in [-0.05, 0) is 38.0 Å². The van der Waals surface area contributed by atoms with Crippen molar-refractivity contribution < 1.29 is 19.3 Å². The molecule has 9 heteroatoms. The lowest BCUT2D eigenvalue weighted by Gasteiger charge is -2.22. The van der Waals surface area contributed by atoms with Gasteiger partial charge >= 0.3 is 6.03 Å². The van der Waals surface area contributed by atoms with Crippen molar-refractivity contribution in [1.29, 1.82) is 0 Å². The zero-order valence-corrected chi connectivity index (χ0v) is 14.9. The van der Waals surface area contributed by atoms with Crippen molar-refractivity contribution in [3.63, 3.8) is 0 Å². The van der Waals surface area contributed by atoms with Gasteiger partial charge in [-0.1, -0.05) is 13.3 Å². The molecule has 2 atom stereocenters. The number of carbonyl (C=O) groups excluding carboxylic acids is 3. The van der Waals surface area contributed by atoms with Gasteiger partial charge in [0.25, 0.3) is 11.6 Å². The molecule has 0 unspecified atom stereocenters. The minimum absolute atomic E-state index is 0.0469. The van der Waals surface area contributed by atoms with E-state index in [4.69, 9.17) is 0 Å². The normalized spacial score (nSPS) is 20.7. The number of nitro benzene ring substituents is 1. The van der Waals surface area contributed by atoms with Gasteiger partial charge in [-0.2, -0.15) is 0 Å². The topological polar surface area (TPSA) is 122 Å². The molecule has 0 radical (unpaired) electrons. The third kappa shape index (κ3) is 3.81. The molecular formula is C17H22N4O5. The first-order valence-electron chi connectivity index (χ1n) is 8.37. The van der Waals surface area contributed by atoms with Crippen LogP contribution in [0.5, 0.6) is 0 Å². The van der Waals surface area contributed by atoms with E-state index in [2.05, 4.69) is 10.6 Å². The molecule has 0 spiro atoms. The van der Waals surface area contributed by atoms with Gasteiger partial charge < -0.3 is 10.6 Å². The van der Waals surface area contributed by atoms with Crippen LogP contribution >= 0.6 is 0 Å². The molecule has 1 saturated heterocycles. The lowest BCUT2D eigenvalue weighted by atomic mass is 9.92. The maximum absolute atomic E-state index is 12.7. The Bertz CT molecular complexity index is 733. The van der Waals surface area contributed by atoms with E-state index < -0.39 is 28.3 Å². The Hall–Kier alpha value is -2.97. The first-order chi connectivity index (χ1) is 12.2. The molecule has 0 aliphatic carbocycles. The summed E-state index contributed by atoms with van der Waals surface area (Å²) < 4.78 is 0. The van der Waals surface area contributed by atoms with Crippen LogP contribution < -0.4 is 10.6 Å². The van der Waals surface area contributed by atoms with Crippen molar-refractivity contribution in [3.05, 3.63) is 39.9 Å². The summed E-state index contributed by atoms with van der Waals surface area (Å²) in [6.45, 7) is 4.98. The molecule has 2 rings (SSSR count). The van der Waals surface area contributed by atoms with E-state index in [1.807, 2.05) is 13.8 Å². The van der Waals surface area contributed by atoms with Gasteiger partial charge in [0.2, 0.25) is 5.91 Å². The first kappa shape index (κ1) is 19.4. The van der Waals surface area contributed by atoms with Crippen LogP contribution in [-0.4, -0.2) is 40.3 Å². The molecule has 4 amide bonds. The Labute approximate surface area is 150 Å². The second-order valence-electron chi connectivity index (χ2n) is 6.51. The first-order valence-corrected chi connectivity index (χ1v) is 8.37. The highest BCUT2D eigenvalue weighted by atomic mass is 16.6. The van der Waals surface area contributed by atoms with Gasteiger partial charge in [0.05, 0.1) is 4.92 Å². The van der Waals surface area contributed by atoms with Gasteiger partial charge in [0.15, 0.2) is 0 Å². The van der Waals surface area contributed by atoms with Gasteiger partial charge in [0.1, 0.15) is 12.1 Å². The summed E-state index contributed by atoms with van der Waals surface area (Å²) in [5.41, 5.74) is -1.08. The summed E-state index contributed by atoms with van der Waals surface area (Å²) in [5, 5.41) is 16.1. The van der Waals surface area contributed by atoms with Crippen LogP contribution in [0.15, 0.2) is 24.3 Å². The standard InChI is InChI=1S/C17H22N4O5/c1-4-5-11(2)18-14(22)10-20-15(23)17(3,19-16(20)24)12-6-8-13(9-7-12)21(25)26/h6-9,11H,4-5,10H2,1-3H3,(H,18,22)(H,19,24)/t11-,17-/m1/s1. The zero-order valence-electron chi connectivity index (χ0n) is 14.9. The summed E-state index contributed by atoms with van der Waals surface area (Å²) >= 11 is 0. The third-order valence-electron chi connectivity index (χ3n) is 4.36. The highest BCUT2D eigenvalue weighted by Crippen LogP contribution is 2.29. The molecule has 1 aromatic carbocycles. The number of non-ortho nitro benzene ring substituents is 1. The second-order valence-corrected chi connectivity index (χ2v) is 6.51. The number of hydrogen-bond donors (Lipinski definition) is 2. The highest BCUT2D eigenvalue weighted by molar-refractivity contribution is 6.09. The molecule has 0 aromatic heterocycles. The number of imide groups is 1. The molecule has 9 nitrogen and oxygen atoms in total. The summed E-state index contributed by atoms with van der Waals surface area (Å²) in [6.07, 6.45) is 1.70. The maximum atomic E-state index is 12.7. The largest absolute Gasteiger partial charge is 0.352 e. The number of hydrogen-bond acceptors (Lipinski definition) is 5. The SMILES string of the molecule is CCC[C@@H](C)NC(=O)CN1C(=O)N[C@](C)(c2ccc([N+](=O)[O-])cc2)C1=O. The Morgan fingerprint density at radius 3 is 2.50 bits per heavy atom. The predicted octanol–water partition coefficient (Wildman–Crippen LogP) is 1.67. The van der Waals surface area contributed by atoms with E-state index >= 15 is 0 Å². The lowest BCUT2D eigenvalue weighted by Crippen LogP contribution is -2.44. The Morgan fingerprint density at radius 1 is 1.35 bits per heavy atom. The summed E-state index contributed by atoms with van der Waals surface area (Å²) in [6, 6.07) is 4.65. The average Bonchev–Trinajstić information content (AvgIpc) is 2.79. The van der Waals surface area contributed by atoms with Crippen LogP contribution in [0.1, 0.15) is 39.2 Å². The van der Waals surface area contributed by atoms with Crippen LogP contribution in [0.2, 0.25) is 0 Å². The fourth-order valence-corrected chi connectivity index (χ4v) is 2.92. The maximum Gasteiger partial charge on any atom is 0.325 e. The smallest absolute Gasteiger partial charge is 0.325 e. The fourth-order valence-electron chi connectivity index (χ4n) is 2.92. The Kier molecular flexibility index (Phi) is 5.59. The molecule has 2 N–H and O–H groups in total. The fraction of sp³-hybridized carbons (Fsp3) is 0.471. The van der Waals surface area contributed by atoms with E-state index in [-0.39, 0.29) is 18.3 Å². The monoisotopic (exact) mass is 362 g/mol. The van der Waals surface area contributed by atoms with Crippen LogP contribution in [0.4, 0.5) is 10.5 Å². The summed E-state index contributed by atoms with van der Waals surface area (Å²) in [7, 11) is 0.